The largest absolute Gasteiger partial charge is 0.316 e. The van der Waals surface area contributed by atoms with Gasteiger partial charge in [0.2, 0.25) is 0 Å². The van der Waals surface area contributed by atoms with Crippen LogP contribution in [0.2, 0.25) is 0 Å². The van der Waals surface area contributed by atoms with Gasteiger partial charge in [0, 0.05) is 24.9 Å². The number of rotatable bonds is 4. The van der Waals surface area contributed by atoms with E-state index < -0.39 is 0 Å². The normalized spacial score (nSPS) is 36.0. The number of hydrogen-bond acceptors (Lipinski definition) is 3. The first kappa shape index (κ1) is 13.7. The quantitative estimate of drug-likeness (QED) is 0.832. The summed E-state index contributed by atoms with van der Waals surface area (Å²) in [4.78, 5) is 2.74. The molecule has 2 fully saturated rings. The molecule has 0 radical (unpaired) electrons. The molecular formula is C14H28N2S. The van der Waals surface area contributed by atoms with Crippen molar-refractivity contribution in [1.82, 2.24) is 10.2 Å². The van der Waals surface area contributed by atoms with Crippen LogP contribution >= 0.6 is 11.8 Å². The number of thioether (sulfide) groups is 1. The highest BCUT2D eigenvalue weighted by atomic mass is 32.2. The van der Waals surface area contributed by atoms with Gasteiger partial charge in [-0.2, -0.15) is 11.8 Å². The fourth-order valence-corrected chi connectivity index (χ4v) is 4.36. The third kappa shape index (κ3) is 4.15. The molecule has 2 unspecified atom stereocenters. The number of likely N-dealkylation sites (tertiary alicyclic amines) is 1. The summed E-state index contributed by atoms with van der Waals surface area (Å²) < 4.78 is 0. The van der Waals surface area contributed by atoms with Crippen LogP contribution in [0.25, 0.3) is 0 Å². The number of hydrogen-bond donors (Lipinski definition) is 1. The number of nitrogens with zero attached hydrogens (tertiary/aromatic N) is 1. The van der Waals surface area contributed by atoms with Gasteiger partial charge in [-0.3, -0.25) is 0 Å². The molecule has 2 aliphatic rings. The van der Waals surface area contributed by atoms with Crippen molar-refractivity contribution in [2.45, 2.75) is 44.8 Å². The molecule has 0 aromatic carbocycles. The van der Waals surface area contributed by atoms with Crippen molar-refractivity contribution in [3.63, 3.8) is 0 Å². The summed E-state index contributed by atoms with van der Waals surface area (Å²) in [6, 6.07) is 0. The molecule has 0 bridgehead atoms. The minimum Gasteiger partial charge on any atom is -0.316 e. The van der Waals surface area contributed by atoms with E-state index >= 15 is 0 Å². The van der Waals surface area contributed by atoms with E-state index in [1.54, 1.807) is 0 Å². The fourth-order valence-electron chi connectivity index (χ4n) is 3.24. The Hall–Kier alpha value is 0.270. The lowest BCUT2D eigenvalue weighted by Crippen LogP contribution is -2.40. The molecule has 0 spiro atoms. The molecule has 100 valence electrons. The summed E-state index contributed by atoms with van der Waals surface area (Å²) >= 11 is 2.17. The first-order valence-electron chi connectivity index (χ1n) is 7.26. The molecule has 2 saturated heterocycles. The Bertz CT molecular complexity index is 226. The molecule has 2 heterocycles. The molecule has 0 aromatic heterocycles. The highest BCUT2D eigenvalue weighted by molar-refractivity contribution is 7.99. The summed E-state index contributed by atoms with van der Waals surface area (Å²) in [6.45, 7) is 11.2. The molecule has 2 atom stereocenters. The van der Waals surface area contributed by atoms with Crippen LogP contribution < -0.4 is 5.32 Å². The fraction of sp³-hybridized carbons (Fsp3) is 1.00. The van der Waals surface area contributed by atoms with E-state index in [0.717, 1.165) is 5.25 Å². The first-order valence-corrected chi connectivity index (χ1v) is 8.31. The van der Waals surface area contributed by atoms with Crippen LogP contribution in [0.15, 0.2) is 0 Å². The van der Waals surface area contributed by atoms with Gasteiger partial charge in [0.05, 0.1) is 0 Å². The highest BCUT2D eigenvalue weighted by Gasteiger charge is 2.31. The Morgan fingerprint density at radius 1 is 1.41 bits per heavy atom. The first-order chi connectivity index (χ1) is 8.22. The van der Waals surface area contributed by atoms with E-state index in [4.69, 9.17) is 0 Å². The Morgan fingerprint density at radius 3 is 3.00 bits per heavy atom. The molecule has 2 aliphatic heterocycles. The van der Waals surface area contributed by atoms with Crippen LogP contribution in [-0.4, -0.2) is 48.6 Å². The third-order valence-electron chi connectivity index (χ3n) is 4.18. The molecule has 3 heteroatoms. The topological polar surface area (TPSA) is 15.3 Å². The standard InChI is InChI=1S/C14H28N2S/c1-3-17-13-6-4-5-9-16(10-13)12-14(2)7-8-15-11-14/h13,15H,3-12H2,1-2H3. The third-order valence-corrected chi connectivity index (χ3v) is 5.37. The van der Waals surface area contributed by atoms with E-state index in [-0.39, 0.29) is 0 Å². The Labute approximate surface area is 111 Å². The van der Waals surface area contributed by atoms with E-state index in [0.29, 0.717) is 5.41 Å². The lowest BCUT2D eigenvalue weighted by atomic mass is 9.89. The summed E-state index contributed by atoms with van der Waals surface area (Å²) in [5.74, 6) is 1.28. The maximum absolute atomic E-state index is 3.52. The lowest BCUT2D eigenvalue weighted by molar-refractivity contribution is 0.184. The second-order valence-electron chi connectivity index (χ2n) is 6.05. The highest BCUT2D eigenvalue weighted by Crippen LogP contribution is 2.28. The molecule has 2 rings (SSSR count). The molecule has 0 aromatic rings. The van der Waals surface area contributed by atoms with E-state index in [2.05, 4.69) is 35.8 Å². The van der Waals surface area contributed by atoms with Crippen LogP contribution in [0.4, 0.5) is 0 Å². The second kappa shape index (κ2) is 6.44. The average Bonchev–Trinajstić information content (AvgIpc) is 2.58. The monoisotopic (exact) mass is 256 g/mol. The second-order valence-corrected chi connectivity index (χ2v) is 7.62. The van der Waals surface area contributed by atoms with E-state index in [1.165, 1.54) is 64.2 Å². The van der Waals surface area contributed by atoms with Crippen LogP contribution in [0.1, 0.15) is 39.5 Å². The molecule has 0 amide bonds. The van der Waals surface area contributed by atoms with Crippen molar-refractivity contribution in [1.29, 1.82) is 0 Å². The Kier molecular flexibility index (Phi) is 5.19. The van der Waals surface area contributed by atoms with E-state index in [1.807, 2.05) is 0 Å². The van der Waals surface area contributed by atoms with Crippen LogP contribution in [-0.2, 0) is 0 Å². The average molecular weight is 256 g/mol. The summed E-state index contributed by atoms with van der Waals surface area (Å²) in [7, 11) is 0. The van der Waals surface area contributed by atoms with Gasteiger partial charge in [0.1, 0.15) is 0 Å². The van der Waals surface area contributed by atoms with Crippen LogP contribution in [0.3, 0.4) is 0 Å². The predicted octanol–water partition coefficient (Wildman–Crippen LogP) is 2.59. The van der Waals surface area contributed by atoms with Gasteiger partial charge in [0.25, 0.3) is 0 Å². The van der Waals surface area contributed by atoms with Crippen molar-refractivity contribution in [2.75, 3.05) is 38.5 Å². The van der Waals surface area contributed by atoms with Crippen LogP contribution in [0.5, 0.6) is 0 Å². The Morgan fingerprint density at radius 2 is 2.29 bits per heavy atom. The van der Waals surface area contributed by atoms with Crippen molar-refractivity contribution in [3.8, 4) is 0 Å². The summed E-state index contributed by atoms with van der Waals surface area (Å²) in [5, 5.41) is 4.41. The molecule has 2 nitrogen and oxygen atoms in total. The zero-order valence-electron chi connectivity index (χ0n) is 11.5. The summed E-state index contributed by atoms with van der Waals surface area (Å²) in [6.07, 6.45) is 5.63. The zero-order valence-corrected chi connectivity index (χ0v) is 12.3. The van der Waals surface area contributed by atoms with Crippen molar-refractivity contribution >= 4 is 11.8 Å². The smallest absolute Gasteiger partial charge is 0.0174 e. The molecule has 17 heavy (non-hydrogen) atoms. The minimum atomic E-state index is 0.534. The maximum atomic E-state index is 3.52. The van der Waals surface area contributed by atoms with Gasteiger partial charge in [0.15, 0.2) is 0 Å². The van der Waals surface area contributed by atoms with E-state index in [9.17, 15) is 0 Å². The van der Waals surface area contributed by atoms with Gasteiger partial charge in [-0.15, -0.1) is 0 Å². The molecule has 0 aliphatic carbocycles. The van der Waals surface area contributed by atoms with Gasteiger partial charge in [-0.1, -0.05) is 20.3 Å². The molecular weight excluding hydrogens is 228 g/mol. The van der Waals surface area contributed by atoms with Gasteiger partial charge in [-0.05, 0) is 43.5 Å². The zero-order chi connectivity index (χ0) is 12.1. The van der Waals surface area contributed by atoms with Gasteiger partial charge < -0.3 is 10.2 Å². The maximum Gasteiger partial charge on any atom is 0.0174 e. The molecule has 0 saturated carbocycles. The predicted molar refractivity (Wildman–Crippen MR) is 77.8 cm³/mol. The SMILES string of the molecule is CCSC1CCCCN(CC2(C)CCNC2)C1. The minimum absolute atomic E-state index is 0.534. The lowest BCUT2D eigenvalue weighted by Gasteiger charge is -2.32. The summed E-state index contributed by atoms with van der Waals surface area (Å²) in [5.41, 5.74) is 0.534. The van der Waals surface area contributed by atoms with Crippen LogP contribution in [0, 0.1) is 5.41 Å². The number of nitrogens with one attached hydrogen (secondary N) is 1. The van der Waals surface area contributed by atoms with Gasteiger partial charge in [-0.25, -0.2) is 0 Å². The van der Waals surface area contributed by atoms with Crippen molar-refractivity contribution < 1.29 is 0 Å². The van der Waals surface area contributed by atoms with Crippen molar-refractivity contribution in [2.24, 2.45) is 5.41 Å². The Balaban J connectivity index is 1.85. The molecule has 1 N–H and O–H groups in total. The van der Waals surface area contributed by atoms with Crippen molar-refractivity contribution in [3.05, 3.63) is 0 Å². The van der Waals surface area contributed by atoms with Gasteiger partial charge >= 0.3 is 0 Å².